The standard InChI is InChI=1S/C16H23ClN2/c1-12(2)10-16(19-8-6-18-7-9-19)15-5-4-14(17)11-13(15)3/h4-5,11,16,18H,1,6-10H2,2-3H3/t16-/m0/s1. The number of rotatable bonds is 4. The van der Waals surface area contributed by atoms with E-state index in [0.717, 1.165) is 37.6 Å². The molecule has 0 spiro atoms. The summed E-state index contributed by atoms with van der Waals surface area (Å²) >= 11 is 6.07. The van der Waals surface area contributed by atoms with Gasteiger partial charge < -0.3 is 5.32 Å². The van der Waals surface area contributed by atoms with Gasteiger partial charge in [0.15, 0.2) is 0 Å². The van der Waals surface area contributed by atoms with Crippen LogP contribution in [0.1, 0.15) is 30.5 Å². The van der Waals surface area contributed by atoms with Crippen LogP contribution in [0.2, 0.25) is 5.02 Å². The first-order valence-corrected chi connectivity index (χ1v) is 7.31. The largest absolute Gasteiger partial charge is 0.314 e. The van der Waals surface area contributed by atoms with E-state index in [1.165, 1.54) is 16.7 Å². The quantitative estimate of drug-likeness (QED) is 0.847. The van der Waals surface area contributed by atoms with Crippen molar-refractivity contribution < 1.29 is 0 Å². The van der Waals surface area contributed by atoms with Crippen LogP contribution < -0.4 is 5.32 Å². The number of aryl methyl sites for hydroxylation is 1. The van der Waals surface area contributed by atoms with Gasteiger partial charge in [0.25, 0.3) is 0 Å². The van der Waals surface area contributed by atoms with E-state index in [2.05, 4.69) is 42.8 Å². The van der Waals surface area contributed by atoms with Gasteiger partial charge in [0.2, 0.25) is 0 Å². The van der Waals surface area contributed by atoms with Gasteiger partial charge in [0.05, 0.1) is 0 Å². The van der Waals surface area contributed by atoms with E-state index in [4.69, 9.17) is 11.6 Å². The average Bonchev–Trinajstić information content (AvgIpc) is 2.37. The van der Waals surface area contributed by atoms with Crippen LogP contribution in [0.15, 0.2) is 30.4 Å². The number of piperazine rings is 1. The zero-order chi connectivity index (χ0) is 13.8. The van der Waals surface area contributed by atoms with Crippen molar-refractivity contribution in [2.24, 2.45) is 0 Å². The molecule has 1 aromatic rings. The van der Waals surface area contributed by atoms with Gasteiger partial charge in [-0.25, -0.2) is 0 Å². The lowest BCUT2D eigenvalue weighted by Crippen LogP contribution is -2.45. The molecule has 1 aromatic carbocycles. The molecular formula is C16H23ClN2. The number of hydrogen-bond donors (Lipinski definition) is 1. The Morgan fingerprint density at radius 2 is 2.11 bits per heavy atom. The van der Waals surface area contributed by atoms with Gasteiger partial charge in [-0.3, -0.25) is 4.90 Å². The Morgan fingerprint density at radius 3 is 2.68 bits per heavy atom. The zero-order valence-electron chi connectivity index (χ0n) is 11.9. The summed E-state index contributed by atoms with van der Waals surface area (Å²) in [6.45, 7) is 12.7. The maximum Gasteiger partial charge on any atom is 0.0408 e. The summed E-state index contributed by atoms with van der Waals surface area (Å²) < 4.78 is 0. The zero-order valence-corrected chi connectivity index (χ0v) is 12.6. The van der Waals surface area contributed by atoms with Gasteiger partial charge in [0.1, 0.15) is 0 Å². The highest BCUT2D eigenvalue weighted by atomic mass is 35.5. The molecule has 0 amide bonds. The molecule has 0 aromatic heterocycles. The molecule has 0 radical (unpaired) electrons. The van der Waals surface area contributed by atoms with E-state index in [1.54, 1.807) is 0 Å². The van der Waals surface area contributed by atoms with Crippen LogP contribution in [-0.2, 0) is 0 Å². The minimum absolute atomic E-state index is 0.428. The minimum atomic E-state index is 0.428. The normalized spacial score (nSPS) is 18.3. The van der Waals surface area contributed by atoms with Crippen molar-refractivity contribution >= 4 is 11.6 Å². The molecule has 1 aliphatic rings. The first-order chi connectivity index (χ1) is 9.08. The Bertz CT molecular complexity index is 450. The monoisotopic (exact) mass is 278 g/mol. The van der Waals surface area contributed by atoms with Gasteiger partial charge in [-0.05, 0) is 43.5 Å². The predicted molar refractivity (Wildman–Crippen MR) is 82.8 cm³/mol. The highest BCUT2D eigenvalue weighted by molar-refractivity contribution is 6.30. The molecule has 0 aliphatic carbocycles. The Morgan fingerprint density at radius 1 is 1.42 bits per heavy atom. The predicted octanol–water partition coefficient (Wildman–Crippen LogP) is 3.56. The number of hydrogen-bond acceptors (Lipinski definition) is 2. The van der Waals surface area contributed by atoms with Gasteiger partial charge >= 0.3 is 0 Å². The lowest BCUT2D eigenvalue weighted by atomic mass is 9.94. The molecule has 19 heavy (non-hydrogen) atoms. The number of benzene rings is 1. The van der Waals surface area contributed by atoms with Crippen LogP contribution in [0.4, 0.5) is 0 Å². The summed E-state index contributed by atoms with van der Waals surface area (Å²) in [5.41, 5.74) is 3.89. The Kier molecular flexibility index (Phi) is 5.03. The molecule has 2 rings (SSSR count). The van der Waals surface area contributed by atoms with Crippen molar-refractivity contribution in [2.45, 2.75) is 26.3 Å². The molecule has 1 saturated heterocycles. The van der Waals surface area contributed by atoms with Crippen LogP contribution in [0, 0.1) is 6.92 Å². The molecule has 0 bridgehead atoms. The molecule has 2 nitrogen and oxygen atoms in total. The summed E-state index contributed by atoms with van der Waals surface area (Å²) in [4.78, 5) is 2.56. The molecule has 0 saturated carbocycles. The first-order valence-electron chi connectivity index (χ1n) is 6.93. The van der Waals surface area contributed by atoms with Crippen LogP contribution in [0.3, 0.4) is 0 Å². The Hall–Kier alpha value is -0.830. The molecule has 1 fully saturated rings. The van der Waals surface area contributed by atoms with Crippen LogP contribution in [-0.4, -0.2) is 31.1 Å². The topological polar surface area (TPSA) is 15.3 Å². The Balaban J connectivity index is 2.27. The van der Waals surface area contributed by atoms with E-state index in [-0.39, 0.29) is 0 Å². The summed E-state index contributed by atoms with van der Waals surface area (Å²) in [6.07, 6.45) is 1.02. The van der Waals surface area contributed by atoms with E-state index in [1.807, 2.05) is 6.07 Å². The molecule has 1 aliphatic heterocycles. The van der Waals surface area contributed by atoms with Gasteiger partial charge in [-0.1, -0.05) is 23.2 Å². The number of nitrogens with one attached hydrogen (secondary N) is 1. The summed E-state index contributed by atoms with van der Waals surface area (Å²) in [5.74, 6) is 0. The van der Waals surface area contributed by atoms with Crippen molar-refractivity contribution in [1.82, 2.24) is 10.2 Å². The van der Waals surface area contributed by atoms with Crippen LogP contribution >= 0.6 is 11.6 Å². The fraction of sp³-hybridized carbons (Fsp3) is 0.500. The fourth-order valence-electron chi connectivity index (χ4n) is 2.77. The second kappa shape index (κ2) is 6.56. The van der Waals surface area contributed by atoms with Crippen molar-refractivity contribution in [3.63, 3.8) is 0 Å². The van der Waals surface area contributed by atoms with Crippen LogP contribution in [0.25, 0.3) is 0 Å². The SMILES string of the molecule is C=C(C)C[C@@H](c1ccc(Cl)cc1C)N1CCNCC1. The Labute approximate surface area is 121 Å². The highest BCUT2D eigenvalue weighted by Crippen LogP contribution is 2.31. The van der Waals surface area contributed by atoms with E-state index >= 15 is 0 Å². The average molecular weight is 279 g/mol. The third kappa shape index (κ3) is 3.82. The molecule has 3 heteroatoms. The summed E-state index contributed by atoms with van der Waals surface area (Å²) in [7, 11) is 0. The van der Waals surface area contributed by atoms with Crippen LogP contribution in [0.5, 0.6) is 0 Å². The lowest BCUT2D eigenvalue weighted by molar-refractivity contribution is 0.172. The van der Waals surface area contributed by atoms with E-state index in [0.29, 0.717) is 6.04 Å². The molecule has 1 atom stereocenters. The van der Waals surface area contributed by atoms with Crippen molar-refractivity contribution in [2.75, 3.05) is 26.2 Å². The van der Waals surface area contributed by atoms with Crippen molar-refractivity contribution in [1.29, 1.82) is 0 Å². The van der Waals surface area contributed by atoms with Crippen molar-refractivity contribution in [3.8, 4) is 0 Å². The second-order valence-corrected chi connectivity index (χ2v) is 5.90. The molecular weight excluding hydrogens is 256 g/mol. The third-order valence-corrected chi connectivity index (χ3v) is 3.96. The molecule has 104 valence electrons. The van der Waals surface area contributed by atoms with Gasteiger partial charge in [0, 0.05) is 37.2 Å². The highest BCUT2D eigenvalue weighted by Gasteiger charge is 2.23. The maximum atomic E-state index is 6.07. The second-order valence-electron chi connectivity index (χ2n) is 5.46. The molecule has 0 unspecified atom stereocenters. The minimum Gasteiger partial charge on any atom is -0.314 e. The smallest absolute Gasteiger partial charge is 0.0408 e. The van der Waals surface area contributed by atoms with E-state index in [9.17, 15) is 0 Å². The maximum absolute atomic E-state index is 6.07. The lowest BCUT2D eigenvalue weighted by Gasteiger charge is -2.36. The summed E-state index contributed by atoms with van der Waals surface area (Å²) in [6, 6.07) is 6.66. The fourth-order valence-corrected chi connectivity index (χ4v) is 3.00. The van der Waals surface area contributed by atoms with E-state index < -0.39 is 0 Å². The molecule has 1 heterocycles. The molecule has 1 N–H and O–H groups in total. The number of halogens is 1. The third-order valence-electron chi connectivity index (χ3n) is 3.73. The first kappa shape index (κ1) is 14.6. The van der Waals surface area contributed by atoms with Gasteiger partial charge in [-0.15, -0.1) is 6.58 Å². The van der Waals surface area contributed by atoms with Crippen molar-refractivity contribution in [3.05, 3.63) is 46.5 Å². The number of nitrogens with zero attached hydrogens (tertiary/aromatic N) is 1. The summed E-state index contributed by atoms with van der Waals surface area (Å²) in [5, 5.41) is 4.23. The van der Waals surface area contributed by atoms with Gasteiger partial charge in [-0.2, -0.15) is 0 Å².